The van der Waals surface area contributed by atoms with Gasteiger partial charge >= 0.3 is 0 Å². The fourth-order valence-electron chi connectivity index (χ4n) is 2.30. The van der Waals surface area contributed by atoms with Gasteiger partial charge in [-0.05, 0) is 26.3 Å². The van der Waals surface area contributed by atoms with Gasteiger partial charge in [-0.3, -0.25) is 9.69 Å². The van der Waals surface area contributed by atoms with E-state index in [0.29, 0.717) is 24.7 Å². The lowest BCUT2D eigenvalue weighted by Gasteiger charge is -2.37. The molecule has 1 N–H and O–H groups in total. The summed E-state index contributed by atoms with van der Waals surface area (Å²) in [4.78, 5) is 13.7. The molecule has 0 saturated carbocycles. The van der Waals surface area contributed by atoms with Crippen molar-refractivity contribution in [1.29, 1.82) is 0 Å². The Morgan fingerprint density at radius 1 is 1.53 bits per heavy atom. The standard InChI is InChI=1S/C14H25NO2/c1-4-13(16)9-11-7-6-8-12(15(11)3)10-14(17)5-2/h6-7,11-12,14,17H,4-5,8-10H2,1-3H3/t11-,12-,14+/m0/s1. The molecule has 0 spiro atoms. The molecule has 0 aromatic carbocycles. The lowest BCUT2D eigenvalue weighted by molar-refractivity contribution is -0.119. The SMILES string of the molecule is CCC(=O)C[C@@H]1C=CC[C@@H](C[C@H](O)CC)N1C. The minimum Gasteiger partial charge on any atom is -0.393 e. The molecule has 98 valence electrons. The van der Waals surface area contributed by atoms with Gasteiger partial charge < -0.3 is 5.11 Å². The van der Waals surface area contributed by atoms with Crippen LogP contribution >= 0.6 is 0 Å². The number of aliphatic hydroxyl groups is 1. The highest BCUT2D eigenvalue weighted by Crippen LogP contribution is 2.22. The van der Waals surface area contributed by atoms with Crippen LogP contribution in [-0.4, -0.2) is 41.0 Å². The molecule has 0 bridgehead atoms. The lowest BCUT2D eigenvalue weighted by Crippen LogP contribution is -2.44. The van der Waals surface area contributed by atoms with E-state index >= 15 is 0 Å². The Kier molecular flexibility index (Phi) is 5.86. The van der Waals surface area contributed by atoms with Crippen molar-refractivity contribution in [3.05, 3.63) is 12.2 Å². The predicted molar refractivity (Wildman–Crippen MR) is 69.9 cm³/mol. The van der Waals surface area contributed by atoms with Gasteiger partial charge in [0.05, 0.1) is 6.10 Å². The molecule has 0 saturated heterocycles. The van der Waals surface area contributed by atoms with E-state index < -0.39 is 0 Å². The fraction of sp³-hybridized carbons (Fsp3) is 0.786. The van der Waals surface area contributed by atoms with E-state index in [4.69, 9.17) is 0 Å². The van der Waals surface area contributed by atoms with E-state index in [0.717, 1.165) is 19.3 Å². The Labute approximate surface area is 105 Å². The molecule has 0 unspecified atom stereocenters. The summed E-state index contributed by atoms with van der Waals surface area (Å²) in [7, 11) is 2.06. The zero-order valence-corrected chi connectivity index (χ0v) is 11.2. The third kappa shape index (κ3) is 4.25. The number of hydrogen-bond donors (Lipinski definition) is 1. The van der Waals surface area contributed by atoms with Crippen molar-refractivity contribution in [2.45, 2.75) is 64.1 Å². The highest BCUT2D eigenvalue weighted by atomic mass is 16.3. The normalized spacial score (nSPS) is 27.1. The van der Waals surface area contributed by atoms with Crippen LogP contribution in [0.3, 0.4) is 0 Å². The van der Waals surface area contributed by atoms with Gasteiger partial charge in [-0.1, -0.05) is 26.0 Å². The van der Waals surface area contributed by atoms with Gasteiger partial charge in [-0.2, -0.15) is 0 Å². The Morgan fingerprint density at radius 3 is 2.82 bits per heavy atom. The van der Waals surface area contributed by atoms with Gasteiger partial charge in [-0.15, -0.1) is 0 Å². The van der Waals surface area contributed by atoms with Crippen LogP contribution in [0.5, 0.6) is 0 Å². The van der Waals surface area contributed by atoms with E-state index in [1.807, 2.05) is 13.8 Å². The first-order chi connectivity index (χ1) is 8.08. The molecule has 1 aliphatic heterocycles. The van der Waals surface area contributed by atoms with Crippen LogP contribution in [-0.2, 0) is 4.79 Å². The average Bonchev–Trinajstić information content (AvgIpc) is 2.33. The van der Waals surface area contributed by atoms with Crippen LogP contribution in [0, 0.1) is 0 Å². The smallest absolute Gasteiger partial charge is 0.134 e. The number of carbonyl (C=O) groups excluding carboxylic acids is 1. The van der Waals surface area contributed by atoms with Crippen molar-refractivity contribution < 1.29 is 9.90 Å². The lowest BCUT2D eigenvalue weighted by atomic mass is 9.94. The quantitative estimate of drug-likeness (QED) is 0.722. The number of hydrogen-bond acceptors (Lipinski definition) is 3. The Morgan fingerprint density at radius 2 is 2.24 bits per heavy atom. The van der Waals surface area contributed by atoms with Gasteiger partial charge in [-0.25, -0.2) is 0 Å². The Hall–Kier alpha value is -0.670. The van der Waals surface area contributed by atoms with Gasteiger partial charge in [0.15, 0.2) is 0 Å². The summed E-state index contributed by atoms with van der Waals surface area (Å²) in [6, 6.07) is 0.579. The van der Waals surface area contributed by atoms with Crippen molar-refractivity contribution >= 4 is 5.78 Å². The monoisotopic (exact) mass is 239 g/mol. The Balaban J connectivity index is 2.55. The Bertz CT molecular complexity index is 275. The summed E-state index contributed by atoms with van der Waals surface area (Å²) in [5.41, 5.74) is 0. The molecule has 3 heteroatoms. The maximum Gasteiger partial charge on any atom is 0.134 e. The molecule has 1 aliphatic rings. The van der Waals surface area contributed by atoms with Gasteiger partial charge in [0.25, 0.3) is 0 Å². The number of aliphatic hydroxyl groups excluding tert-OH is 1. The van der Waals surface area contributed by atoms with Crippen molar-refractivity contribution in [1.82, 2.24) is 4.90 Å². The third-order valence-electron chi connectivity index (χ3n) is 3.71. The van der Waals surface area contributed by atoms with Crippen LogP contribution < -0.4 is 0 Å². The summed E-state index contributed by atoms with van der Waals surface area (Å²) >= 11 is 0. The molecule has 0 fully saturated rings. The topological polar surface area (TPSA) is 40.5 Å². The number of likely N-dealkylation sites (N-methyl/N-ethyl adjacent to an activating group) is 1. The summed E-state index contributed by atoms with van der Waals surface area (Å²) in [5.74, 6) is 0.309. The number of ketones is 1. The zero-order chi connectivity index (χ0) is 12.8. The van der Waals surface area contributed by atoms with Crippen LogP contribution in [0.4, 0.5) is 0 Å². The first-order valence-corrected chi connectivity index (χ1v) is 6.66. The number of nitrogens with zero attached hydrogens (tertiary/aromatic N) is 1. The summed E-state index contributed by atoms with van der Waals surface area (Å²) in [5, 5.41) is 9.72. The second-order valence-electron chi connectivity index (χ2n) is 4.94. The minimum absolute atomic E-state index is 0.213. The van der Waals surface area contributed by atoms with Crippen molar-refractivity contribution in [2.75, 3.05) is 7.05 Å². The maximum atomic E-state index is 11.5. The molecular weight excluding hydrogens is 214 g/mol. The van der Waals surface area contributed by atoms with Crippen molar-refractivity contribution in [2.24, 2.45) is 0 Å². The second kappa shape index (κ2) is 6.92. The fourth-order valence-corrected chi connectivity index (χ4v) is 2.30. The van der Waals surface area contributed by atoms with Gasteiger partial charge in [0.2, 0.25) is 0 Å². The molecule has 1 heterocycles. The zero-order valence-electron chi connectivity index (χ0n) is 11.2. The summed E-state index contributed by atoms with van der Waals surface area (Å²) in [6.07, 6.45) is 7.84. The first-order valence-electron chi connectivity index (χ1n) is 6.66. The number of Topliss-reactive ketones (excluding diaryl/α,β-unsaturated/α-hetero) is 1. The predicted octanol–water partition coefficient (Wildman–Crippen LogP) is 2.15. The van der Waals surface area contributed by atoms with E-state index in [9.17, 15) is 9.90 Å². The molecule has 0 aliphatic carbocycles. The van der Waals surface area contributed by atoms with Crippen molar-refractivity contribution in [3.8, 4) is 0 Å². The molecule has 0 radical (unpaired) electrons. The van der Waals surface area contributed by atoms with Gasteiger partial charge in [0.1, 0.15) is 5.78 Å². The van der Waals surface area contributed by atoms with Crippen LogP contribution in [0.1, 0.15) is 46.0 Å². The van der Waals surface area contributed by atoms with Crippen molar-refractivity contribution in [3.63, 3.8) is 0 Å². The molecule has 0 aromatic heterocycles. The van der Waals surface area contributed by atoms with E-state index in [-0.39, 0.29) is 12.1 Å². The van der Waals surface area contributed by atoms with E-state index in [1.54, 1.807) is 0 Å². The highest BCUT2D eigenvalue weighted by Gasteiger charge is 2.26. The van der Waals surface area contributed by atoms with E-state index in [2.05, 4.69) is 24.1 Å². The molecule has 3 nitrogen and oxygen atoms in total. The number of rotatable bonds is 6. The molecule has 3 atom stereocenters. The van der Waals surface area contributed by atoms with Crippen LogP contribution in [0.2, 0.25) is 0 Å². The van der Waals surface area contributed by atoms with E-state index in [1.165, 1.54) is 0 Å². The average molecular weight is 239 g/mol. The molecule has 0 amide bonds. The highest BCUT2D eigenvalue weighted by molar-refractivity contribution is 5.78. The molecule has 0 aromatic rings. The molecular formula is C14H25NO2. The van der Waals surface area contributed by atoms with Crippen LogP contribution in [0.15, 0.2) is 12.2 Å². The van der Waals surface area contributed by atoms with Gasteiger partial charge in [0, 0.05) is 24.9 Å². The molecule has 1 rings (SSSR count). The number of carbonyl (C=O) groups is 1. The largest absolute Gasteiger partial charge is 0.393 e. The van der Waals surface area contributed by atoms with Crippen LogP contribution in [0.25, 0.3) is 0 Å². The first kappa shape index (κ1) is 14.4. The second-order valence-corrected chi connectivity index (χ2v) is 4.94. The maximum absolute atomic E-state index is 11.5. The minimum atomic E-state index is -0.225. The summed E-state index contributed by atoms with van der Waals surface area (Å²) in [6.45, 7) is 3.91. The molecule has 17 heavy (non-hydrogen) atoms. The summed E-state index contributed by atoms with van der Waals surface area (Å²) < 4.78 is 0. The third-order valence-corrected chi connectivity index (χ3v) is 3.71.